The maximum absolute atomic E-state index is 5.92. The molecule has 0 radical (unpaired) electrons. The maximum atomic E-state index is 5.92. The van der Waals surface area contributed by atoms with Gasteiger partial charge < -0.3 is 8.85 Å². The molecule has 0 rings (SSSR count). The Bertz CT molecular complexity index is 132. The summed E-state index contributed by atoms with van der Waals surface area (Å²) in [5.74, 6) is 0.681. The summed E-state index contributed by atoms with van der Waals surface area (Å²) in [6, 6.07) is 0. The van der Waals surface area contributed by atoms with Crippen LogP contribution in [0.15, 0.2) is 0 Å². The molecular weight excluding hydrogens is 204 g/mol. The van der Waals surface area contributed by atoms with E-state index in [-0.39, 0.29) is 0 Å². The van der Waals surface area contributed by atoms with Gasteiger partial charge in [-0.05, 0) is 18.8 Å². The highest BCUT2D eigenvalue weighted by Gasteiger charge is 2.27. The minimum absolute atomic E-state index is 0.656. The molecule has 0 amide bonds. The second-order valence-electron chi connectivity index (χ2n) is 4.43. The van der Waals surface area contributed by atoms with E-state index in [0.29, 0.717) is 11.5 Å². The lowest BCUT2D eigenvalue weighted by Crippen LogP contribution is -2.32. The molecule has 0 N–H and O–H groups in total. The van der Waals surface area contributed by atoms with Crippen LogP contribution in [0.1, 0.15) is 53.9 Å². The fraction of sp³-hybridized carbons (Fsp3) is 1.00. The highest BCUT2D eigenvalue weighted by atomic mass is 28.3. The summed E-state index contributed by atoms with van der Waals surface area (Å²) >= 11 is 0. The molecule has 0 heterocycles. The summed E-state index contributed by atoms with van der Waals surface area (Å²) in [5, 5.41) is 0. The van der Waals surface area contributed by atoms with Crippen LogP contribution in [0.3, 0.4) is 0 Å². The SMILES string of the molecule is CCCO[SiH](OCCC)C(CC)C(C)C. The third-order valence-electron chi connectivity index (χ3n) is 2.65. The summed E-state index contributed by atoms with van der Waals surface area (Å²) in [4.78, 5) is 0. The highest BCUT2D eigenvalue weighted by molar-refractivity contribution is 6.46. The van der Waals surface area contributed by atoms with Crippen molar-refractivity contribution in [2.75, 3.05) is 13.2 Å². The molecule has 0 spiro atoms. The van der Waals surface area contributed by atoms with E-state index in [0.717, 1.165) is 26.1 Å². The number of rotatable bonds is 9. The van der Waals surface area contributed by atoms with Crippen molar-refractivity contribution in [3.05, 3.63) is 0 Å². The summed E-state index contributed by atoms with van der Waals surface area (Å²) in [7, 11) is -1.44. The molecule has 0 aliphatic heterocycles. The van der Waals surface area contributed by atoms with E-state index in [1.165, 1.54) is 6.42 Å². The molecule has 0 aromatic carbocycles. The zero-order valence-electron chi connectivity index (χ0n) is 11.1. The van der Waals surface area contributed by atoms with Gasteiger partial charge in [0, 0.05) is 18.8 Å². The molecule has 0 fully saturated rings. The van der Waals surface area contributed by atoms with Gasteiger partial charge in [-0.2, -0.15) is 0 Å². The molecule has 1 atom stereocenters. The smallest absolute Gasteiger partial charge is 0.324 e. The lowest BCUT2D eigenvalue weighted by Gasteiger charge is -2.27. The Morgan fingerprint density at radius 1 is 0.933 bits per heavy atom. The standard InChI is InChI=1S/C12H28O2Si/c1-6-9-13-15(14-10-7-2)12(8-3)11(4)5/h11-12,15H,6-10H2,1-5H3. The van der Waals surface area contributed by atoms with Crippen LogP contribution in [0.25, 0.3) is 0 Å². The predicted molar refractivity (Wildman–Crippen MR) is 68.5 cm³/mol. The zero-order valence-corrected chi connectivity index (χ0v) is 12.2. The Morgan fingerprint density at radius 3 is 1.67 bits per heavy atom. The van der Waals surface area contributed by atoms with Gasteiger partial charge in [0.25, 0.3) is 0 Å². The van der Waals surface area contributed by atoms with Crippen molar-refractivity contribution in [3.63, 3.8) is 0 Å². The lowest BCUT2D eigenvalue weighted by molar-refractivity contribution is 0.180. The van der Waals surface area contributed by atoms with Gasteiger partial charge in [-0.25, -0.2) is 0 Å². The van der Waals surface area contributed by atoms with Crippen molar-refractivity contribution in [2.24, 2.45) is 5.92 Å². The summed E-state index contributed by atoms with van der Waals surface area (Å²) in [5.41, 5.74) is 0.656. The molecular formula is C12H28O2Si. The van der Waals surface area contributed by atoms with E-state index in [9.17, 15) is 0 Å². The van der Waals surface area contributed by atoms with Gasteiger partial charge in [0.05, 0.1) is 0 Å². The Hall–Kier alpha value is 0.137. The fourth-order valence-corrected chi connectivity index (χ4v) is 4.28. The first kappa shape index (κ1) is 15.1. The van der Waals surface area contributed by atoms with E-state index < -0.39 is 9.28 Å². The van der Waals surface area contributed by atoms with Gasteiger partial charge >= 0.3 is 9.28 Å². The molecule has 0 aromatic heterocycles. The number of hydrogen-bond acceptors (Lipinski definition) is 2. The molecule has 0 aromatic rings. The molecule has 15 heavy (non-hydrogen) atoms. The molecule has 0 aliphatic carbocycles. The first-order chi connectivity index (χ1) is 7.17. The third-order valence-corrected chi connectivity index (χ3v) is 5.72. The Labute approximate surface area is 97.2 Å². The number of hydrogen-bond donors (Lipinski definition) is 0. The molecule has 3 heteroatoms. The van der Waals surface area contributed by atoms with Crippen LogP contribution in [0.5, 0.6) is 0 Å². The van der Waals surface area contributed by atoms with Crippen molar-refractivity contribution in [2.45, 2.75) is 59.4 Å². The minimum Gasteiger partial charge on any atom is -0.396 e. The van der Waals surface area contributed by atoms with Gasteiger partial charge in [0.2, 0.25) is 0 Å². The van der Waals surface area contributed by atoms with Crippen molar-refractivity contribution >= 4 is 9.28 Å². The maximum Gasteiger partial charge on any atom is 0.324 e. The van der Waals surface area contributed by atoms with Gasteiger partial charge in [-0.1, -0.05) is 41.0 Å². The van der Waals surface area contributed by atoms with Gasteiger partial charge in [-0.15, -0.1) is 0 Å². The second kappa shape index (κ2) is 9.37. The molecule has 0 aliphatic rings. The third kappa shape index (κ3) is 6.33. The van der Waals surface area contributed by atoms with E-state index in [1.807, 2.05) is 0 Å². The van der Waals surface area contributed by atoms with Crippen molar-refractivity contribution < 1.29 is 8.85 Å². The zero-order chi connectivity index (χ0) is 11.7. The van der Waals surface area contributed by atoms with Crippen LogP contribution in [-0.4, -0.2) is 22.5 Å². The minimum atomic E-state index is -1.44. The normalized spacial score (nSPS) is 13.8. The average molecular weight is 232 g/mol. The predicted octanol–water partition coefficient (Wildman–Crippen LogP) is 3.50. The Balaban J connectivity index is 4.15. The topological polar surface area (TPSA) is 18.5 Å². The van der Waals surface area contributed by atoms with Crippen molar-refractivity contribution in [1.82, 2.24) is 0 Å². The van der Waals surface area contributed by atoms with E-state index >= 15 is 0 Å². The van der Waals surface area contributed by atoms with Gasteiger partial charge in [0.15, 0.2) is 0 Å². The molecule has 0 saturated carbocycles. The molecule has 0 saturated heterocycles. The van der Waals surface area contributed by atoms with Crippen molar-refractivity contribution in [1.29, 1.82) is 0 Å². The fourth-order valence-electron chi connectivity index (χ4n) is 1.74. The van der Waals surface area contributed by atoms with Crippen LogP contribution in [-0.2, 0) is 8.85 Å². The highest BCUT2D eigenvalue weighted by Crippen LogP contribution is 2.26. The van der Waals surface area contributed by atoms with Crippen LogP contribution >= 0.6 is 0 Å². The monoisotopic (exact) mass is 232 g/mol. The molecule has 92 valence electrons. The van der Waals surface area contributed by atoms with Crippen LogP contribution < -0.4 is 0 Å². The molecule has 0 bridgehead atoms. The first-order valence-corrected chi connectivity index (χ1v) is 8.01. The van der Waals surface area contributed by atoms with E-state index in [2.05, 4.69) is 34.6 Å². The Kier molecular flexibility index (Phi) is 9.45. The summed E-state index contributed by atoms with van der Waals surface area (Å²) in [6.07, 6.45) is 3.36. The van der Waals surface area contributed by atoms with E-state index in [4.69, 9.17) is 8.85 Å². The summed E-state index contributed by atoms with van der Waals surface area (Å²) in [6.45, 7) is 12.8. The van der Waals surface area contributed by atoms with Gasteiger partial charge in [0.1, 0.15) is 0 Å². The quantitative estimate of drug-likeness (QED) is 0.567. The first-order valence-electron chi connectivity index (χ1n) is 6.40. The second-order valence-corrected chi connectivity index (χ2v) is 6.69. The molecule has 2 nitrogen and oxygen atoms in total. The summed E-state index contributed by atoms with van der Waals surface area (Å²) < 4.78 is 11.8. The van der Waals surface area contributed by atoms with E-state index in [1.54, 1.807) is 0 Å². The Morgan fingerprint density at radius 2 is 1.40 bits per heavy atom. The van der Waals surface area contributed by atoms with Gasteiger partial charge in [-0.3, -0.25) is 0 Å². The van der Waals surface area contributed by atoms with Crippen LogP contribution in [0.4, 0.5) is 0 Å². The lowest BCUT2D eigenvalue weighted by atomic mass is 10.1. The van der Waals surface area contributed by atoms with Crippen molar-refractivity contribution in [3.8, 4) is 0 Å². The van der Waals surface area contributed by atoms with Crippen LogP contribution in [0, 0.1) is 5.92 Å². The average Bonchev–Trinajstić information content (AvgIpc) is 2.21. The molecule has 1 unspecified atom stereocenters. The largest absolute Gasteiger partial charge is 0.396 e. The van der Waals surface area contributed by atoms with Crippen LogP contribution in [0.2, 0.25) is 5.54 Å².